The van der Waals surface area contributed by atoms with Crippen LogP contribution >= 0.6 is 0 Å². The minimum atomic E-state index is -3.91. The van der Waals surface area contributed by atoms with E-state index in [0.717, 1.165) is 5.56 Å². The van der Waals surface area contributed by atoms with Crippen LogP contribution in [0, 0.1) is 0 Å². The highest BCUT2D eigenvalue weighted by molar-refractivity contribution is 7.89. The predicted octanol–water partition coefficient (Wildman–Crippen LogP) is 3.56. The first kappa shape index (κ1) is 24.9. The molecule has 3 aromatic carbocycles. The first-order valence-electron chi connectivity index (χ1n) is 10.6. The molecule has 8 nitrogen and oxygen atoms in total. The third-order valence-corrected chi connectivity index (χ3v) is 6.50. The molecular formula is C25H27N3O5S. The quantitative estimate of drug-likeness (QED) is 0.432. The summed E-state index contributed by atoms with van der Waals surface area (Å²) in [5.41, 5.74) is 1.64. The van der Waals surface area contributed by atoms with Crippen LogP contribution < -0.4 is 20.1 Å². The summed E-state index contributed by atoms with van der Waals surface area (Å²) in [4.78, 5) is 25.6. The van der Waals surface area contributed by atoms with E-state index in [1.54, 1.807) is 38.1 Å². The van der Waals surface area contributed by atoms with Crippen molar-refractivity contribution in [2.24, 2.45) is 0 Å². The molecule has 0 spiro atoms. The van der Waals surface area contributed by atoms with Gasteiger partial charge in [-0.25, -0.2) is 13.1 Å². The van der Waals surface area contributed by atoms with Crippen molar-refractivity contribution in [1.29, 1.82) is 0 Å². The van der Waals surface area contributed by atoms with Crippen LogP contribution in [0.5, 0.6) is 5.75 Å². The van der Waals surface area contributed by atoms with Gasteiger partial charge in [0.15, 0.2) is 0 Å². The third kappa shape index (κ3) is 6.21. The average Bonchev–Trinajstić information content (AvgIpc) is 2.82. The number of nitrogens with one attached hydrogen (secondary N) is 3. The maximum absolute atomic E-state index is 13.0. The van der Waals surface area contributed by atoms with Gasteiger partial charge in [0.1, 0.15) is 10.6 Å². The minimum Gasteiger partial charge on any atom is -0.495 e. The van der Waals surface area contributed by atoms with Crippen molar-refractivity contribution in [1.82, 2.24) is 10.0 Å². The van der Waals surface area contributed by atoms with Crippen LogP contribution in [0.25, 0.3) is 0 Å². The average molecular weight is 482 g/mol. The molecule has 0 atom stereocenters. The Morgan fingerprint density at radius 2 is 1.59 bits per heavy atom. The lowest BCUT2D eigenvalue weighted by Crippen LogP contribution is -2.30. The Balaban J connectivity index is 1.82. The highest BCUT2D eigenvalue weighted by Crippen LogP contribution is 2.26. The van der Waals surface area contributed by atoms with Crippen molar-refractivity contribution in [3.63, 3.8) is 0 Å². The molecule has 9 heteroatoms. The summed E-state index contributed by atoms with van der Waals surface area (Å²) in [6.45, 7) is 3.73. The van der Waals surface area contributed by atoms with Gasteiger partial charge >= 0.3 is 0 Å². The molecule has 3 N–H and O–H groups in total. The molecule has 0 unspecified atom stereocenters. The Morgan fingerprint density at radius 1 is 0.912 bits per heavy atom. The summed E-state index contributed by atoms with van der Waals surface area (Å²) in [6, 6.07) is 19.9. The van der Waals surface area contributed by atoms with Crippen LogP contribution in [0.15, 0.2) is 77.7 Å². The van der Waals surface area contributed by atoms with Crippen molar-refractivity contribution in [3.05, 3.63) is 89.5 Å². The van der Waals surface area contributed by atoms with Gasteiger partial charge in [-0.15, -0.1) is 0 Å². The normalized spacial score (nSPS) is 11.2. The zero-order valence-electron chi connectivity index (χ0n) is 19.2. The Bertz CT molecular complexity index is 1270. The Kier molecular flexibility index (Phi) is 8.04. The molecule has 178 valence electrons. The van der Waals surface area contributed by atoms with E-state index in [-0.39, 0.29) is 33.7 Å². The molecule has 34 heavy (non-hydrogen) atoms. The number of hydrogen-bond donors (Lipinski definition) is 3. The van der Waals surface area contributed by atoms with Gasteiger partial charge in [-0.3, -0.25) is 9.59 Å². The fourth-order valence-electron chi connectivity index (χ4n) is 3.26. The molecule has 0 bridgehead atoms. The maximum atomic E-state index is 13.0. The molecule has 0 saturated carbocycles. The number of para-hydroxylation sites is 1. The SMILES string of the molecule is COc1ccc(C(=O)Nc2ccccc2C(=O)NCc2ccccc2)cc1S(=O)(=O)NC(C)C. The summed E-state index contributed by atoms with van der Waals surface area (Å²) in [5, 5.41) is 5.54. The molecule has 0 aromatic heterocycles. The number of sulfonamides is 1. The predicted molar refractivity (Wildman–Crippen MR) is 130 cm³/mol. The van der Waals surface area contributed by atoms with Gasteiger partial charge in [0.05, 0.1) is 18.4 Å². The molecule has 0 aliphatic heterocycles. The summed E-state index contributed by atoms with van der Waals surface area (Å²) in [6.07, 6.45) is 0. The Labute approximate surface area is 199 Å². The standard InChI is InChI=1S/C25H27N3O5S/c1-17(2)28-34(31,32)23-15-19(13-14-22(23)33-3)24(29)27-21-12-8-7-11-20(21)25(30)26-16-18-9-5-4-6-10-18/h4-15,17,28H,16H2,1-3H3,(H,26,30)(H,27,29). The number of anilines is 1. The van der Waals surface area contributed by atoms with Crippen molar-refractivity contribution in [3.8, 4) is 5.75 Å². The van der Waals surface area contributed by atoms with Gasteiger partial charge in [0.2, 0.25) is 10.0 Å². The van der Waals surface area contributed by atoms with E-state index < -0.39 is 15.9 Å². The van der Waals surface area contributed by atoms with Gasteiger partial charge in [-0.2, -0.15) is 0 Å². The van der Waals surface area contributed by atoms with Crippen LogP contribution in [-0.2, 0) is 16.6 Å². The first-order valence-corrected chi connectivity index (χ1v) is 12.1. The molecule has 0 aliphatic rings. The minimum absolute atomic E-state index is 0.101. The fraction of sp³-hybridized carbons (Fsp3) is 0.200. The Hall–Kier alpha value is -3.69. The smallest absolute Gasteiger partial charge is 0.255 e. The largest absolute Gasteiger partial charge is 0.495 e. The van der Waals surface area contributed by atoms with E-state index in [4.69, 9.17) is 4.74 Å². The van der Waals surface area contributed by atoms with Crippen LogP contribution in [0.4, 0.5) is 5.69 Å². The molecule has 2 amide bonds. The van der Waals surface area contributed by atoms with Gasteiger partial charge in [0.25, 0.3) is 11.8 Å². The molecule has 0 aliphatic carbocycles. The monoisotopic (exact) mass is 481 g/mol. The second-order valence-electron chi connectivity index (χ2n) is 7.81. The van der Waals surface area contributed by atoms with Crippen LogP contribution in [0.2, 0.25) is 0 Å². The number of rotatable bonds is 9. The number of hydrogen-bond acceptors (Lipinski definition) is 5. The van der Waals surface area contributed by atoms with Crippen LogP contribution in [0.1, 0.15) is 40.1 Å². The van der Waals surface area contributed by atoms with E-state index in [1.807, 2.05) is 30.3 Å². The molecular weight excluding hydrogens is 454 g/mol. The van der Waals surface area contributed by atoms with E-state index in [1.165, 1.54) is 25.3 Å². The number of ether oxygens (including phenoxy) is 1. The lowest BCUT2D eigenvalue weighted by Gasteiger charge is -2.15. The molecule has 3 rings (SSSR count). The molecule has 0 fully saturated rings. The van der Waals surface area contributed by atoms with Crippen molar-refractivity contribution in [2.45, 2.75) is 31.3 Å². The topological polar surface area (TPSA) is 114 Å². The van der Waals surface area contributed by atoms with Gasteiger partial charge in [-0.1, -0.05) is 42.5 Å². The second kappa shape index (κ2) is 11.0. The number of carbonyl (C=O) groups is 2. The molecule has 3 aromatic rings. The lowest BCUT2D eigenvalue weighted by atomic mass is 10.1. The fourth-order valence-corrected chi connectivity index (χ4v) is 4.71. The highest BCUT2D eigenvalue weighted by Gasteiger charge is 2.23. The number of carbonyl (C=O) groups excluding carboxylic acids is 2. The summed E-state index contributed by atoms with van der Waals surface area (Å²) in [5.74, 6) is -0.795. The van der Waals surface area contributed by atoms with Crippen LogP contribution in [-0.4, -0.2) is 33.4 Å². The number of methoxy groups -OCH3 is 1. The van der Waals surface area contributed by atoms with Crippen molar-refractivity contribution >= 4 is 27.5 Å². The molecule has 0 heterocycles. The zero-order chi connectivity index (χ0) is 24.7. The lowest BCUT2D eigenvalue weighted by molar-refractivity contribution is 0.0951. The Morgan fingerprint density at radius 3 is 2.26 bits per heavy atom. The second-order valence-corrected chi connectivity index (χ2v) is 9.49. The zero-order valence-corrected chi connectivity index (χ0v) is 20.0. The van der Waals surface area contributed by atoms with Crippen LogP contribution in [0.3, 0.4) is 0 Å². The van der Waals surface area contributed by atoms with Crippen molar-refractivity contribution in [2.75, 3.05) is 12.4 Å². The third-order valence-electron chi connectivity index (χ3n) is 4.82. The first-order chi connectivity index (χ1) is 16.2. The summed E-state index contributed by atoms with van der Waals surface area (Å²) in [7, 11) is -2.55. The summed E-state index contributed by atoms with van der Waals surface area (Å²) >= 11 is 0. The summed E-state index contributed by atoms with van der Waals surface area (Å²) < 4.78 is 33.1. The van der Waals surface area contributed by atoms with E-state index >= 15 is 0 Å². The number of amides is 2. The van der Waals surface area contributed by atoms with E-state index in [0.29, 0.717) is 12.2 Å². The van der Waals surface area contributed by atoms with Gasteiger partial charge in [-0.05, 0) is 49.7 Å². The highest BCUT2D eigenvalue weighted by atomic mass is 32.2. The van der Waals surface area contributed by atoms with E-state index in [2.05, 4.69) is 15.4 Å². The number of benzene rings is 3. The molecule has 0 saturated heterocycles. The van der Waals surface area contributed by atoms with E-state index in [9.17, 15) is 18.0 Å². The maximum Gasteiger partial charge on any atom is 0.255 e. The molecule has 0 radical (unpaired) electrons. The van der Waals surface area contributed by atoms with Gasteiger partial charge < -0.3 is 15.4 Å². The van der Waals surface area contributed by atoms with Crippen molar-refractivity contribution < 1.29 is 22.7 Å². The van der Waals surface area contributed by atoms with Gasteiger partial charge in [0, 0.05) is 18.2 Å².